The molecule has 0 aliphatic rings. The fourth-order valence-electron chi connectivity index (χ4n) is 0.971. The van der Waals surface area contributed by atoms with Gasteiger partial charge in [-0.3, -0.25) is 0 Å². The van der Waals surface area contributed by atoms with E-state index in [4.69, 9.17) is 0 Å². The molecule has 0 aliphatic carbocycles. The van der Waals surface area contributed by atoms with Crippen LogP contribution < -0.4 is 0 Å². The smallest absolute Gasteiger partial charge is 0.118 e. The van der Waals surface area contributed by atoms with Gasteiger partial charge in [-0.1, -0.05) is 23.8 Å². The number of rotatable bonds is 1. The summed E-state index contributed by atoms with van der Waals surface area (Å²) in [5, 5.41) is 9.31. The molecule has 0 spiro atoms. The molecule has 0 unspecified atom stereocenters. The van der Waals surface area contributed by atoms with E-state index in [1.54, 1.807) is 6.08 Å². The van der Waals surface area contributed by atoms with Crippen molar-refractivity contribution in [3.63, 3.8) is 0 Å². The lowest BCUT2D eigenvalue weighted by Gasteiger charge is -1.99. The molecule has 1 N–H and O–H groups in total. The van der Waals surface area contributed by atoms with Crippen LogP contribution in [0.25, 0.3) is 5.76 Å². The van der Waals surface area contributed by atoms with E-state index in [0.717, 1.165) is 11.1 Å². The minimum absolute atomic E-state index is 0.341. The molecule has 0 aromatic heterocycles. The Morgan fingerprint density at radius 2 is 2.18 bits per heavy atom. The van der Waals surface area contributed by atoms with Crippen LogP contribution in [0, 0.1) is 6.92 Å². The molecule has 0 heterocycles. The van der Waals surface area contributed by atoms with Gasteiger partial charge in [0, 0.05) is 5.56 Å². The Morgan fingerprint density at radius 3 is 2.73 bits per heavy atom. The topological polar surface area (TPSA) is 20.2 Å². The Bertz CT molecular complexity index is 274. The lowest BCUT2D eigenvalue weighted by molar-refractivity contribution is 0.511. The molecule has 1 aromatic carbocycles. The summed E-state index contributed by atoms with van der Waals surface area (Å²) in [7, 11) is 0. The SMILES string of the molecule is C/C=C(\O)c1cccc(C)c1. The zero-order valence-electron chi connectivity index (χ0n) is 6.83. The van der Waals surface area contributed by atoms with Crippen molar-refractivity contribution in [3.05, 3.63) is 41.5 Å². The summed E-state index contributed by atoms with van der Waals surface area (Å²) in [4.78, 5) is 0. The molecule has 1 aromatic rings. The van der Waals surface area contributed by atoms with Gasteiger partial charge in [-0.2, -0.15) is 0 Å². The first-order valence-electron chi connectivity index (χ1n) is 3.66. The number of aliphatic hydroxyl groups excluding tert-OH is 1. The summed E-state index contributed by atoms with van der Waals surface area (Å²) in [6.45, 7) is 3.82. The fourth-order valence-corrected chi connectivity index (χ4v) is 0.971. The largest absolute Gasteiger partial charge is 0.508 e. The van der Waals surface area contributed by atoms with Gasteiger partial charge in [0.1, 0.15) is 5.76 Å². The number of allylic oxidation sites excluding steroid dienone is 1. The van der Waals surface area contributed by atoms with Crippen molar-refractivity contribution in [1.82, 2.24) is 0 Å². The number of aryl methyl sites for hydroxylation is 1. The maximum absolute atomic E-state index is 9.31. The van der Waals surface area contributed by atoms with Crippen LogP contribution in [0.3, 0.4) is 0 Å². The molecule has 1 heteroatoms. The van der Waals surface area contributed by atoms with Crippen LogP contribution in [0.5, 0.6) is 0 Å². The van der Waals surface area contributed by atoms with Gasteiger partial charge in [0.25, 0.3) is 0 Å². The molecule has 1 rings (SSSR count). The Balaban J connectivity index is 3.06. The van der Waals surface area contributed by atoms with Crippen LogP contribution in [-0.4, -0.2) is 5.11 Å². The number of hydrogen-bond donors (Lipinski definition) is 1. The van der Waals surface area contributed by atoms with Gasteiger partial charge < -0.3 is 5.11 Å². The molecule has 0 radical (unpaired) electrons. The van der Waals surface area contributed by atoms with E-state index in [1.165, 1.54) is 0 Å². The molecule has 0 saturated carbocycles. The summed E-state index contributed by atoms with van der Waals surface area (Å²) >= 11 is 0. The van der Waals surface area contributed by atoms with Crippen molar-refractivity contribution in [2.24, 2.45) is 0 Å². The van der Waals surface area contributed by atoms with E-state index in [0.29, 0.717) is 5.76 Å². The molecule has 58 valence electrons. The molecule has 0 saturated heterocycles. The first-order chi connectivity index (χ1) is 5.24. The van der Waals surface area contributed by atoms with Gasteiger partial charge in [-0.15, -0.1) is 0 Å². The third kappa shape index (κ3) is 1.84. The molecular formula is C10H12O. The maximum atomic E-state index is 9.31. The van der Waals surface area contributed by atoms with Crippen molar-refractivity contribution >= 4 is 5.76 Å². The maximum Gasteiger partial charge on any atom is 0.118 e. The van der Waals surface area contributed by atoms with Gasteiger partial charge in [-0.05, 0) is 26.0 Å². The van der Waals surface area contributed by atoms with Crippen LogP contribution in [0.1, 0.15) is 18.1 Å². The average molecular weight is 148 g/mol. The van der Waals surface area contributed by atoms with Crippen molar-refractivity contribution in [2.75, 3.05) is 0 Å². The van der Waals surface area contributed by atoms with E-state index < -0.39 is 0 Å². The van der Waals surface area contributed by atoms with Crippen LogP contribution in [-0.2, 0) is 0 Å². The summed E-state index contributed by atoms with van der Waals surface area (Å²) in [6.07, 6.45) is 1.69. The van der Waals surface area contributed by atoms with Crippen LogP contribution in [0.4, 0.5) is 0 Å². The minimum atomic E-state index is 0.341. The lowest BCUT2D eigenvalue weighted by Crippen LogP contribution is -1.82. The Labute approximate surface area is 67.0 Å². The highest BCUT2D eigenvalue weighted by atomic mass is 16.3. The van der Waals surface area contributed by atoms with Gasteiger partial charge in [-0.25, -0.2) is 0 Å². The van der Waals surface area contributed by atoms with Gasteiger partial charge >= 0.3 is 0 Å². The summed E-state index contributed by atoms with van der Waals surface area (Å²) in [5.41, 5.74) is 2.04. The number of benzene rings is 1. The summed E-state index contributed by atoms with van der Waals surface area (Å²) < 4.78 is 0. The molecule has 0 atom stereocenters. The van der Waals surface area contributed by atoms with Gasteiger partial charge in [0.2, 0.25) is 0 Å². The summed E-state index contributed by atoms with van der Waals surface area (Å²) in [5.74, 6) is 0.341. The second-order valence-corrected chi connectivity index (χ2v) is 2.54. The Hall–Kier alpha value is -1.24. The van der Waals surface area contributed by atoms with Crippen LogP contribution in [0.2, 0.25) is 0 Å². The second-order valence-electron chi connectivity index (χ2n) is 2.54. The highest BCUT2D eigenvalue weighted by molar-refractivity contribution is 5.58. The highest BCUT2D eigenvalue weighted by Crippen LogP contribution is 2.11. The first-order valence-corrected chi connectivity index (χ1v) is 3.66. The van der Waals surface area contributed by atoms with E-state index in [9.17, 15) is 5.11 Å². The van der Waals surface area contributed by atoms with Crippen molar-refractivity contribution < 1.29 is 5.11 Å². The Morgan fingerprint density at radius 1 is 1.45 bits per heavy atom. The third-order valence-corrected chi connectivity index (χ3v) is 1.59. The van der Waals surface area contributed by atoms with Crippen LogP contribution in [0.15, 0.2) is 30.3 Å². The number of aliphatic hydroxyl groups is 1. The third-order valence-electron chi connectivity index (χ3n) is 1.59. The standard InChI is InChI=1S/C10H12O/c1-3-10(11)9-6-4-5-8(2)7-9/h3-7,11H,1-2H3/b10-3-. The monoisotopic (exact) mass is 148 g/mol. The van der Waals surface area contributed by atoms with E-state index >= 15 is 0 Å². The van der Waals surface area contributed by atoms with Gasteiger partial charge in [0.15, 0.2) is 0 Å². The zero-order chi connectivity index (χ0) is 8.27. The highest BCUT2D eigenvalue weighted by Gasteiger charge is 1.95. The molecule has 0 amide bonds. The molecular weight excluding hydrogens is 136 g/mol. The first kappa shape index (κ1) is 7.86. The predicted octanol–water partition coefficient (Wildman–Crippen LogP) is 2.91. The summed E-state index contributed by atoms with van der Waals surface area (Å²) in [6, 6.07) is 7.79. The number of hydrogen-bond acceptors (Lipinski definition) is 1. The fraction of sp³-hybridized carbons (Fsp3) is 0.200. The molecule has 0 aliphatic heterocycles. The molecule has 1 nitrogen and oxygen atoms in total. The van der Waals surface area contributed by atoms with Crippen LogP contribution >= 0.6 is 0 Å². The molecule has 11 heavy (non-hydrogen) atoms. The minimum Gasteiger partial charge on any atom is -0.508 e. The van der Waals surface area contributed by atoms with Crippen molar-refractivity contribution in [2.45, 2.75) is 13.8 Å². The van der Waals surface area contributed by atoms with E-state index in [-0.39, 0.29) is 0 Å². The quantitative estimate of drug-likeness (QED) is 0.607. The Kier molecular flexibility index (Phi) is 2.32. The van der Waals surface area contributed by atoms with Crippen molar-refractivity contribution in [1.29, 1.82) is 0 Å². The van der Waals surface area contributed by atoms with E-state index in [1.807, 2.05) is 38.1 Å². The van der Waals surface area contributed by atoms with E-state index in [2.05, 4.69) is 0 Å². The van der Waals surface area contributed by atoms with Gasteiger partial charge in [0.05, 0.1) is 0 Å². The normalized spacial score (nSPS) is 11.6. The lowest BCUT2D eigenvalue weighted by atomic mass is 10.1. The molecule has 0 fully saturated rings. The zero-order valence-corrected chi connectivity index (χ0v) is 6.83. The second kappa shape index (κ2) is 3.24. The molecule has 0 bridgehead atoms. The van der Waals surface area contributed by atoms with Crippen molar-refractivity contribution in [3.8, 4) is 0 Å². The average Bonchev–Trinajstić information content (AvgIpc) is 2.03. The predicted molar refractivity (Wildman–Crippen MR) is 47.5 cm³/mol.